The van der Waals surface area contributed by atoms with Gasteiger partial charge in [0.2, 0.25) is 0 Å². The molecular formula is C16H20N2OS2. The lowest BCUT2D eigenvalue weighted by atomic mass is 10.2. The van der Waals surface area contributed by atoms with Crippen LogP contribution in [0.1, 0.15) is 48.0 Å². The molecule has 3 nitrogen and oxygen atoms in total. The molecule has 1 amide bonds. The highest BCUT2D eigenvalue weighted by atomic mass is 32.1. The number of aromatic nitrogens is 1. The van der Waals surface area contributed by atoms with E-state index in [1.54, 1.807) is 11.3 Å². The van der Waals surface area contributed by atoms with Gasteiger partial charge in [-0.05, 0) is 38.1 Å². The SMILES string of the molecule is CCN(C(=O)c1sc(-c2ccsc2)nc1C)C1CCCC1. The second-order valence-electron chi connectivity index (χ2n) is 5.48. The molecule has 0 aromatic carbocycles. The van der Waals surface area contributed by atoms with E-state index in [1.807, 2.05) is 17.2 Å². The van der Waals surface area contributed by atoms with Crippen LogP contribution >= 0.6 is 22.7 Å². The van der Waals surface area contributed by atoms with Gasteiger partial charge < -0.3 is 4.90 Å². The number of carbonyl (C=O) groups is 1. The summed E-state index contributed by atoms with van der Waals surface area (Å²) in [6.07, 6.45) is 4.79. The Kier molecular flexibility index (Phi) is 4.40. The van der Waals surface area contributed by atoms with Crippen LogP contribution in [-0.4, -0.2) is 28.4 Å². The Labute approximate surface area is 133 Å². The van der Waals surface area contributed by atoms with Gasteiger partial charge in [-0.3, -0.25) is 4.79 Å². The van der Waals surface area contributed by atoms with E-state index >= 15 is 0 Å². The average Bonchev–Trinajstić information content (AvgIpc) is 3.20. The van der Waals surface area contributed by atoms with Crippen molar-refractivity contribution in [2.24, 2.45) is 0 Å². The van der Waals surface area contributed by atoms with Gasteiger partial charge in [0.25, 0.3) is 5.91 Å². The molecule has 0 bridgehead atoms. The summed E-state index contributed by atoms with van der Waals surface area (Å²) in [6.45, 7) is 4.81. The van der Waals surface area contributed by atoms with Crippen LogP contribution in [0, 0.1) is 6.92 Å². The molecule has 1 aliphatic rings. The van der Waals surface area contributed by atoms with Gasteiger partial charge >= 0.3 is 0 Å². The number of aryl methyl sites for hydroxylation is 1. The van der Waals surface area contributed by atoms with Crippen molar-refractivity contribution in [3.63, 3.8) is 0 Å². The predicted molar refractivity (Wildman–Crippen MR) is 89.1 cm³/mol. The molecule has 2 aromatic rings. The minimum Gasteiger partial charge on any atom is -0.335 e. The molecule has 0 N–H and O–H groups in total. The topological polar surface area (TPSA) is 33.2 Å². The average molecular weight is 320 g/mol. The molecule has 0 atom stereocenters. The van der Waals surface area contributed by atoms with Gasteiger partial charge in [-0.1, -0.05) is 12.8 Å². The standard InChI is InChI=1S/C16H20N2OS2/c1-3-18(13-6-4-5-7-13)16(19)14-11(2)17-15(21-14)12-8-9-20-10-12/h8-10,13H,3-7H2,1-2H3. The van der Waals surface area contributed by atoms with Crippen molar-refractivity contribution >= 4 is 28.6 Å². The maximum atomic E-state index is 12.9. The van der Waals surface area contributed by atoms with E-state index in [4.69, 9.17) is 0 Å². The summed E-state index contributed by atoms with van der Waals surface area (Å²) in [4.78, 5) is 20.3. The number of thiazole rings is 1. The van der Waals surface area contributed by atoms with Gasteiger partial charge in [-0.25, -0.2) is 4.98 Å². The molecule has 3 rings (SSSR count). The number of nitrogens with zero attached hydrogens (tertiary/aromatic N) is 2. The first-order valence-corrected chi connectivity index (χ1v) is 9.27. The summed E-state index contributed by atoms with van der Waals surface area (Å²) in [5, 5.41) is 5.09. The number of rotatable bonds is 4. The van der Waals surface area contributed by atoms with Crippen LogP contribution in [0.25, 0.3) is 10.6 Å². The Morgan fingerprint density at radius 1 is 1.43 bits per heavy atom. The van der Waals surface area contributed by atoms with Gasteiger partial charge in [-0.2, -0.15) is 11.3 Å². The lowest BCUT2D eigenvalue weighted by molar-refractivity contribution is 0.0697. The lowest BCUT2D eigenvalue weighted by Gasteiger charge is -2.27. The molecular weight excluding hydrogens is 300 g/mol. The van der Waals surface area contributed by atoms with E-state index in [2.05, 4.69) is 23.4 Å². The largest absolute Gasteiger partial charge is 0.335 e. The van der Waals surface area contributed by atoms with Crippen LogP contribution in [0.2, 0.25) is 0 Å². The molecule has 0 radical (unpaired) electrons. The molecule has 5 heteroatoms. The molecule has 0 unspecified atom stereocenters. The van der Waals surface area contributed by atoms with Crippen LogP contribution in [0.15, 0.2) is 16.8 Å². The molecule has 0 saturated heterocycles. The fraction of sp³-hybridized carbons (Fsp3) is 0.500. The fourth-order valence-electron chi connectivity index (χ4n) is 3.02. The van der Waals surface area contributed by atoms with Crippen molar-refractivity contribution in [1.29, 1.82) is 0 Å². The molecule has 1 fully saturated rings. The summed E-state index contributed by atoms with van der Waals surface area (Å²) in [5.74, 6) is 0.167. The molecule has 0 spiro atoms. The monoisotopic (exact) mass is 320 g/mol. The third-order valence-electron chi connectivity index (χ3n) is 4.13. The molecule has 21 heavy (non-hydrogen) atoms. The highest BCUT2D eigenvalue weighted by Crippen LogP contribution is 2.32. The predicted octanol–water partition coefficient (Wildman–Crippen LogP) is 4.58. The van der Waals surface area contributed by atoms with E-state index in [0.717, 1.165) is 40.5 Å². The summed E-state index contributed by atoms with van der Waals surface area (Å²) in [7, 11) is 0. The number of hydrogen-bond donors (Lipinski definition) is 0. The molecule has 1 saturated carbocycles. The minimum atomic E-state index is 0.167. The second kappa shape index (κ2) is 6.28. The van der Waals surface area contributed by atoms with E-state index in [1.165, 1.54) is 24.2 Å². The Bertz CT molecular complexity index is 612. The summed E-state index contributed by atoms with van der Waals surface area (Å²) in [5.41, 5.74) is 1.98. The summed E-state index contributed by atoms with van der Waals surface area (Å²) >= 11 is 3.19. The summed E-state index contributed by atoms with van der Waals surface area (Å²) in [6, 6.07) is 2.49. The number of thiophene rings is 1. The van der Waals surface area contributed by atoms with Crippen molar-refractivity contribution in [1.82, 2.24) is 9.88 Å². The quantitative estimate of drug-likeness (QED) is 0.826. The van der Waals surface area contributed by atoms with Crippen LogP contribution in [0.3, 0.4) is 0 Å². The van der Waals surface area contributed by atoms with Gasteiger partial charge in [0, 0.05) is 23.5 Å². The van der Waals surface area contributed by atoms with E-state index in [0.29, 0.717) is 6.04 Å². The third-order valence-corrected chi connectivity index (χ3v) is 6.00. The van der Waals surface area contributed by atoms with E-state index < -0.39 is 0 Å². The molecule has 112 valence electrons. The van der Waals surface area contributed by atoms with Crippen LogP contribution in [0.5, 0.6) is 0 Å². The number of carbonyl (C=O) groups excluding carboxylic acids is 1. The maximum absolute atomic E-state index is 12.9. The molecule has 1 aliphatic carbocycles. The first-order chi connectivity index (χ1) is 10.2. The third kappa shape index (κ3) is 2.90. The first kappa shape index (κ1) is 14.7. The van der Waals surface area contributed by atoms with E-state index in [-0.39, 0.29) is 5.91 Å². The van der Waals surface area contributed by atoms with Crippen LogP contribution in [0.4, 0.5) is 0 Å². The lowest BCUT2D eigenvalue weighted by Crippen LogP contribution is -2.38. The van der Waals surface area contributed by atoms with Crippen molar-refractivity contribution in [3.8, 4) is 10.6 Å². The Balaban J connectivity index is 1.86. The fourth-order valence-corrected chi connectivity index (χ4v) is 4.75. The van der Waals surface area contributed by atoms with Crippen molar-refractivity contribution in [3.05, 3.63) is 27.4 Å². The Morgan fingerprint density at radius 2 is 2.19 bits per heavy atom. The van der Waals surface area contributed by atoms with Crippen molar-refractivity contribution in [2.45, 2.75) is 45.6 Å². The zero-order valence-electron chi connectivity index (χ0n) is 12.5. The minimum absolute atomic E-state index is 0.167. The van der Waals surface area contributed by atoms with Crippen LogP contribution in [-0.2, 0) is 0 Å². The Hall–Kier alpha value is -1.20. The highest BCUT2D eigenvalue weighted by molar-refractivity contribution is 7.17. The van der Waals surface area contributed by atoms with Crippen LogP contribution < -0.4 is 0 Å². The molecule has 2 heterocycles. The molecule has 0 aliphatic heterocycles. The van der Waals surface area contributed by atoms with Gasteiger partial charge in [0.1, 0.15) is 9.88 Å². The first-order valence-electron chi connectivity index (χ1n) is 7.51. The summed E-state index contributed by atoms with van der Waals surface area (Å²) < 4.78 is 0. The number of hydrogen-bond acceptors (Lipinski definition) is 4. The van der Waals surface area contributed by atoms with Gasteiger partial charge in [0.15, 0.2) is 0 Å². The van der Waals surface area contributed by atoms with Gasteiger partial charge in [-0.15, -0.1) is 11.3 Å². The maximum Gasteiger partial charge on any atom is 0.266 e. The smallest absolute Gasteiger partial charge is 0.266 e. The highest BCUT2D eigenvalue weighted by Gasteiger charge is 2.28. The van der Waals surface area contributed by atoms with Gasteiger partial charge in [0.05, 0.1) is 5.69 Å². The zero-order chi connectivity index (χ0) is 14.8. The second-order valence-corrected chi connectivity index (χ2v) is 7.25. The molecule has 2 aromatic heterocycles. The zero-order valence-corrected chi connectivity index (χ0v) is 14.1. The van der Waals surface area contributed by atoms with Crippen molar-refractivity contribution in [2.75, 3.05) is 6.54 Å². The number of amides is 1. The normalized spacial score (nSPS) is 15.5. The van der Waals surface area contributed by atoms with Crippen molar-refractivity contribution < 1.29 is 4.79 Å². The Morgan fingerprint density at radius 3 is 2.81 bits per heavy atom. The van der Waals surface area contributed by atoms with E-state index in [9.17, 15) is 4.79 Å².